The summed E-state index contributed by atoms with van der Waals surface area (Å²) in [6.07, 6.45) is 2.48. The van der Waals surface area contributed by atoms with Gasteiger partial charge in [-0.1, -0.05) is 32.9 Å². The fourth-order valence-corrected chi connectivity index (χ4v) is 2.71. The fraction of sp³-hybridized carbons (Fsp3) is 0.857. The molecular formula is C14H27ClN4O. The lowest BCUT2D eigenvalue weighted by Gasteiger charge is -2.38. The second-order valence-electron chi connectivity index (χ2n) is 6.65. The molecule has 1 aromatic heterocycles. The summed E-state index contributed by atoms with van der Waals surface area (Å²) >= 11 is 0. The first-order chi connectivity index (χ1) is 8.91. The minimum Gasteiger partial charge on any atom is -0.338 e. The SMILES string of the molecule is CC1CCCN(Cc2nc(C(C)(C)C)no2)C1CN.Cl. The number of halogens is 1. The number of rotatable bonds is 3. The Balaban J connectivity index is 0.00000200. The number of hydrogen-bond acceptors (Lipinski definition) is 5. The van der Waals surface area contributed by atoms with E-state index < -0.39 is 0 Å². The average Bonchev–Trinajstić information content (AvgIpc) is 2.77. The molecule has 1 fully saturated rings. The van der Waals surface area contributed by atoms with E-state index in [2.05, 4.69) is 42.7 Å². The van der Waals surface area contributed by atoms with Gasteiger partial charge in [-0.2, -0.15) is 4.98 Å². The predicted molar refractivity (Wildman–Crippen MR) is 81.9 cm³/mol. The summed E-state index contributed by atoms with van der Waals surface area (Å²) in [5, 5.41) is 4.08. The average molecular weight is 303 g/mol. The summed E-state index contributed by atoms with van der Waals surface area (Å²) in [6, 6.07) is 0.429. The number of hydrogen-bond donors (Lipinski definition) is 1. The van der Waals surface area contributed by atoms with E-state index in [-0.39, 0.29) is 17.8 Å². The van der Waals surface area contributed by atoms with Crippen LogP contribution in [0, 0.1) is 5.92 Å². The molecule has 1 aromatic rings. The largest absolute Gasteiger partial charge is 0.338 e. The maximum atomic E-state index is 5.90. The van der Waals surface area contributed by atoms with Gasteiger partial charge < -0.3 is 10.3 Å². The Kier molecular flexibility index (Phi) is 5.98. The van der Waals surface area contributed by atoms with Gasteiger partial charge >= 0.3 is 0 Å². The van der Waals surface area contributed by atoms with Crippen molar-refractivity contribution < 1.29 is 4.52 Å². The molecular weight excluding hydrogens is 276 g/mol. The quantitative estimate of drug-likeness (QED) is 0.928. The van der Waals surface area contributed by atoms with Crippen LogP contribution in [0.1, 0.15) is 52.3 Å². The van der Waals surface area contributed by atoms with E-state index in [1.165, 1.54) is 12.8 Å². The molecule has 1 saturated heterocycles. The van der Waals surface area contributed by atoms with E-state index in [0.29, 0.717) is 24.4 Å². The van der Waals surface area contributed by atoms with Crippen LogP contribution in [0.25, 0.3) is 0 Å². The first-order valence-corrected chi connectivity index (χ1v) is 7.19. The molecule has 1 aliphatic rings. The molecule has 0 amide bonds. The maximum absolute atomic E-state index is 5.90. The van der Waals surface area contributed by atoms with Crippen molar-refractivity contribution in [3.05, 3.63) is 11.7 Å². The number of piperidine rings is 1. The summed E-state index contributed by atoms with van der Waals surface area (Å²) in [7, 11) is 0. The highest BCUT2D eigenvalue weighted by atomic mass is 35.5. The Morgan fingerprint density at radius 2 is 2.10 bits per heavy atom. The van der Waals surface area contributed by atoms with Gasteiger partial charge in [0.2, 0.25) is 5.89 Å². The summed E-state index contributed by atoms with van der Waals surface area (Å²) in [5.74, 6) is 2.12. The lowest BCUT2D eigenvalue weighted by molar-refractivity contribution is 0.0874. The molecule has 116 valence electrons. The van der Waals surface area contributed by atoms with Crippen molar-refractivity contribution in [2.75, 3.05) is 13.1 Å². The third kappa shape index (κ3) is 3.93. The zero-order chi connectivity index (χ0) is 14.0. The first-order valence-electron chi connectivity index (χ1n) is 7.19. The van der Waals surface area contributed by atoms with Crippen LogP contribution in [0.4, 0.5) is 0 Å². The molecule has 2 atom stereocenters. The molecule has 2 rings (SSSR count). The summed E-state index contributed by atoms with van der Waals surface area (Å²) in [6.45, 7) is 11.0. The molecule has 1 aliphatic heterocycles. The van der Waals surface area contributed by atoms with Crippen molar-refractivity contribution in [2.45, 2.75) is 58.5 Å². The summed E-state index contributed by atoms with van der Waals surface area (Å²) < 4.78 is 5.38. The van der Waals surface area contributed by atoms with Crippen molar-refractivity contribution in [1.82, 2.24) is 15.0 Å². The standard InChI is InChI=1S/C14H26N4O.ClH/c1-10-6-5-7-18(11(10)8-15)9-12-16-13(17-19-12)14(2,3)4;/h10-11H,5-9,15H2,1-4H3;1H. The van der Waals surface area contributed by atoms with Crippen LogP contribution >= 0.6 is 12.4 Å². The lowest BCUT2D eigenvalue weighted by atomic mass is 9.91. The van der Waals surface area contributed by atoms with Crippen LogP contribution in [-0.4, -0.2) is 34.2 Å². The van der Waals surface area contributed by atoms with Gasteiger partial charge in [0.05, 0.1) is 6.54 Å². The topological polar surface area (TPSA) is 68.2 Å². The summed E-state index contributed by atoms with van der Waals surface area (Å²) in [5.41, 5.74) is 5.84. The van der Waals surface area contributed by atoms with Gasteiger partial charge in [0.1, 0.15) is 0 Å². The van der Waals surface area contributed by atoms with E-state index in [1.807, 2.05) is 0 Å². The van der Waals surface area contributed by atoms with Crippen LogP contribution in [0.3, 0.4) is 0 Å². The highest BCUT2D eigenvalue weighted by Crippen LogP contribution is 2.25. The Morgan fingerprint density at radius 3 is 2.65 bits per heavy atom. The van der Waals surface area contributed by atoms with Crippen LogP contribution in [0.5, 0.6) is 0 Å². The minimum absolute atomic E-state index is 0. The molecule has 2 unspecified atom stereocenters. The number of nitrogens with two attached hydrogens (primary N) is 1. The predicted octanol–water partition coefficient (Wildman–Crippen LogP) is 2.35. The first kappa shape index (κ1) is 17.4. The molecule has 6 heteroatoms. The normalized spacial score (nSPS) is 24.4. The van der Waals surface area contributed by atoms with Gasteiger partial charge in [-0.15, -0.1) is 12.4 Å². The zero-order valence-electron chi connectivity index (χ0n) is 12.9. The monoisotopic (exact) mass is 302 g/mol. The Hall–Kier alpha value is -0.650. The highest BCUT2D eigenvalue weighted by molar-refractivity contribution is 5.85. The van der Waals surface area contributed by atoms with E-state index in [0.717, 1.165) is 18.9 Å². The van der Waals surface area contributed by atoms with E-state index in [4.69, 9.17) is 10.3 Å². The summed E-state index contributed by atoms with van der Waals surface area (Å²) in [4.78, 5) is 6.89. The second-order valence-corrected chi connectivity index (χ2v) is 6.65. The van der Waals surface area contributed by atoms with Crippen LogP contribution < -0.4 is 5.73 Å². The number of likely N-dealkylation sites (tertiary alicyclic amines) is 1. The fourth-order valence-electron chi connectivity index (χ4n) is 2.71. The molecule has 0 saturated carbocycles. The van der Waals surface area contributed by atoms with Gasteiger partial charge in [0, 0.05) is 18.0 Å². The Labute approximate surface area is 127 Å². The van der Waals surface area contributed by atoms with Gasteiger partial charge in [0.15, 0.2) is 5.82 Å². The van der Waals surface area contributed by atoms with Gasteiger partial charge in [-0.05, 0) is 25.3 Å². The molecule has 0 aromatic carbocycles. The maximum Gasteiger partial charge on any atom is 0.240 e. The van der Waals surface area contributed by atoms with Crippen molar-refractivity contribution in [1.29, 1.82) is 0 Å². The van der Waals surface area contributed by atoms with Crippen molar-refractivity contribution in [3.8, 4) is 0 Å². The molecule has 0 aliphatic carbocycles. The molecule has 20 heavy (non-hydrogen) atoms. The Bertz CT molecular complexity index is 416. The zero-order valence-corrected chi connectivity index (χ0v) is 13.7. The van der Waals surface area contributed by atoms with Gasteiger partial charge in [-0.3, -0.25) is 4.90 Å². The number of nitrogens with zero attached hydrogens (tertiary/aromatic N) is 3. The van der Waals surface area contributed by atoms with E-state index in [1.54, 1.807) is 0 Å². The second kappa shape index (κ2) is 6.87. The van der Waals surface area contributed by atoms with Crippen molar-refractivity contribution in [2.24, 2.45) is 11.7 Å². The minimum atomic E-state index is -0.0653. The molecule has 2 N–H and O–H groups in total. The smallest absolute Gasteiger partial charge is 0.240 e. The third-order valence-electron chi connectivity index (χ3n) is 3.95. The van der Waals surface area contributed by atoms with Gasteiger partial charge in [0.25, 0.3) is 0 Å². The van der Waals surface area contributed by atoms with Gasteiger partial charge in [-0.25, -0.2) is 0 Å². The molecule has 0 spiro atoms. The lowest BCUT2D eigenvalue weighted by Crippen LogP contribution is -2.48. The van der Waals surface area contributed by atoms with Crippen molar-refractivity contribution in [3.63, 3.8) is 0 Å². The molecule has 5 nitrogen and oxygen atoms in total. The highest BCUT2D eigenvalue weighted by Gasteiger charge is 2.29. The molecule has 2 heterocycles. The number of aromatic nitrogens is 2. The van der Waals surface area contributed by atoms with Crippen LogP contribution in [0.2, 0.25) is 0 Å². The van der Waals surface area contributed by atoms with E-state index in [9.17, 15) is 0 Å². The molecule has 0 bridgehead atoms. The Morgan fingerprint density at radius 1 is 1.40 bits per heavy atom. The van der Waals surface area contributed by atoms with E-state index >= 15 is 0 Å². The van der Waals surface area contributed by atoms with Crippen LogP contribution in [0.15, 0.2) is 4.52 Å². The third-order valence-corrected chi connectivity index (χ3v) is 3.95. The van der Waals surface area contributed by atoms with Crippen LogP contribution in [-0.2, 0) is 12.0 Å². The van der Waals surface area contributed by atoms with Crippen molar-refractivity contribution >= 4 is 12.4 Å². The molecule has 0 radical (unpaired) electrons.